The zero-order valence-corrected chi connectivity index (χ0v) is 13.6. The van der Waals surface area contributed by atoms with Gasteiger partial charge in [0.05, 0.1) is 23.6 Å². The van der Waals surface area contributed by atoms with Crippen LogP contribution in [0, 0.1) is 0 Å². The lowest BCUT2D eigenvalue weighted by molar-refractivity contribution is -0.129. The van der Waals surface area contributed by atoms with Crippen LogP contribution in [-0.4, -0.2) is 60.3 Å². The van der Waals surface area contributed by atoms with Gasteiger partial charge >= 0.3 is 0 Å². The van der Waals surface area contributed by atoms with Crippen molar-refractivity contribution in [3.8, 4) is 0 Å². The van der Waals surface area contributed by atoms with Crippen molar-refractivity contribution >= 4 is 32.5 Å². The second-order valence-electron chi connectivity index (χ2n) is 5.65. The van der Waals surface area contributed by atoms with Crippen molar-refractivity contribution < 1.29 is 13.2 Å². The lowest BCUT2D eigenvalue weighted by Gasteiger charge is -2.23. The predicted octanol–water partition coefficient (Wildman–Crippen LogP) is 0.687. The number of hydrogen-bond acceptors (Lipinski definition) is 6. The smallest absolute Gasteiger partial charge is 0.241 e. The fourth-order valence-corrected chi connectivity index (χ4v) is 4.49. The first-order chi connectivity index (χ1) is 11.0. The highest BCUT2D eigenvalue weighted by atomic mass is 32.2. The standard InChI is InChI=1S/C15H18N4O3S/c1-19(11-6-7-23(21,22)9-11)14(20)8-16-15-12-4-2-3-5-13(12)17-10-18-15/h2-5,10-11H,6-9H2,1H3,(H,16,17,18). The Morgan fingerprint density at radius 2 is 2.13 bits per heavy atom. The molecular formula is C15H18N4O3S. The molecule has 0 saturated carbocycles. The van der Waals surface area contributed by atoms with Gasteiger partial charge in [0, 0.05) is 18.5 Å². The fourth-order valence-electron chi connectivity index (χ4n) is 2.71. The Morgan fingerprint density at radius 1 is 1.35 bits per heavy atom. The Labute approximate surface area is 134 Å². The number of carbonyl (C=O) groups is 1. The Morgan fingerprint density at radius 3 is 2.87 bits per heavy atom. The molecule has 1 N–H and O–H groups in total. The SMILES string of the molecule is CN(C(=O)CNc1ncnc2ccccc12)C1CCS(=O)(=O)C1. The Hall–Kier alpha value is -2.22. The average Bonchev–Trinajstić information content (AvgIpc) is 2.91. The average molecular weight is 334 g/mol. The first-order valence-electron chi connectivity index (χ1n) is 7.36. The van der Waals surface area contributed by atoms with Crippen molar-refractivity contribution in [1.29, 1.82) is 0 Å². The van der Waals surface area contributed by atoms with Crippen molar-refractivity contribution in [3.05, 3.63) is 30.6 Å². The van der Waals surface area contributed by atoms with Gasteiger partial charge in [-0.3, -0.25) is 4.79 Å². The zero-order chi connectivity index (χ0) is 16.4. The van der Waals surface area contributed by atoms with E-state index in [4.69, 9.17) is 0 Å². The number of fused-ring (bicyclic) bond motifs is 1. The van der Waals surface area contributed by atoms with Gasteiger partial charge in [0.1, 0.15) is 12.1 Å². The van der Waals surface area contributed by atoms with Gasteiger partial charge in [-0.15, -0.1) is 0 Å². The molecule has 1 amide bonds. The van der Waals surface area contributed by atoms with Crippen LogP contribution in [0.15, 0.2) is 30.6 Å². The van der Waals surface area contributed by atoms with E-state index in [1.165, 1.54) is 11.2 Å². The number of hydrogen-bond donors (Lipinski definition) is 1. The molecule has 1 aromatic carbocycles. The molecular weight excluding hydrogens is 316 g/mol. The van der Waals surface area contributed by atoms with Gasteiger partial charge in [-0.25, -0.2) is 18.4 Å². The summed E-state index contributed by atoms with van der Waals surface area (Å²) < 4.78 is 23.0. The molecule has 7 nitrogen and oxygen atoms in total. The second-order valence-corrected chi connectivity index (χ2v) is 7.88. The van der Waals surface area contributed by atoms with Crippen LogP contribution in [0.25, 0.3) is 10.9 Å². The summed E-state index contributed by atoms with van der Waals surface area (Å²) in [5, 5.41) is 3.86. The molecule has 8 heteroatoms. The van der Waals surface area contributed by atoms with Crippen molar-refractivity contribution in [1.82, 2.24) is 14.9 Å². The molecule has 3 rings (SSSR count). The third kappa shape index (κ3) is 3.42. The molecule has 1 aromatic heterocycles. The third-order valence-electron chi connectivity index (χ3n) is 4.10. The van der Waals surface area contributed by atoms with Crippen molar-refractivity contribution in [2.24, 2.45) is 0 Å². The van der Waals surface area contributed by atoms with E-state index in [2.05, 4.69) is 15.3 Å². The Kier molecular flexibility index (Phi) is 4.16. The van der Waals surface area contributed by atoms with E-state index in [0.29, 0.717) is 12.2 Å². The highest BCUT2D eigenvalue weighted by Gasteiger charge is 2.32. The van der Waals surface area contributed by atoms with E-state index in [-0.39, 0.29) is 30.0 Å². The molecule has 122 valence electrons. The lowest BCUT2D eigenvalue weighted by atomic mass is 10.2. The number of aromatic nitrogens is 2. The molecule has 1 fully saturated rings. The Bertz CT molecular complexity index is 832. The van der Waals surface area contributed by atoms with Gasteiger partial charge in [-0.1, -0.05) is 12.1 Å². The molecule has 2 aromatic rings. The van der Waals surface area contributed by atoms with Crippen LogP contribution in [0.2, 0.25) is 0 Å². The van der Waals surface area contributed by atoms with E-state index in [0.717, 1.165) is 10.9 Å². The minimum absolute atomic E-state index is 0.0473. The van der Waals surface area contributed by atoms with Crippen LogP contribution < -0.4 is 5.32 Å². The monoisotopic (exact) mass is 334 g/mol. The van der Waals surface area contributed by atoms with E-state index >= 15 is 0 Å². The number of sulfone groups is 1. The molecule has 1 atom stereocenters. The van der Waals surface area contributed by atoms with E-state index in [9.17, 15) is 13.2 Å². The summed E-state index contributed by atoms with van der Waals surface area (Å²) in [4.78, 5) is 22.1. The summed E-state index contributed by atoms with van der Waals surface area (Å²) in [5.41, 5.74) is 0.799. The number of nitrogens with one attached hydrogen (secondary N) is 1. The first kappa shape index (κ1) is 15.7. The predicted molar refractivity (Wildman–Crippen MR) is 87.9 cm³/mol. The van der Waals surface area contributed by atoms with Gasteiger partial charge < -0.3 is 10.2 Å². The summed E-state index contributed by atoms with van der Waals surface area (Å²) in [5.74, 6) is 0.636. The van der Waals surface area contributed by atoms with Crippen LogP contribution in [-0.2, 0) is 14.6 Å². The maximum Gasteiger partial charge on any atom is 0.241 e. The minimum Gasteiger partial charge on any atom is -0.360 e. The number of nitrogens with zero attached hydrogens (tertiary/aromatic N) is 3. The second kappa shape index (κ2) is 6.11. The van der Waals surface area contributed by atoms with Crippen LogP contribution in [0.1, 0.15) is 6.42 Å². The summed E-state index contributed by atoms with van der Waals surface area (Å²) in [6.45, 7) is 0.0635. The van der Waals surface area contributed by atoms with Gasteiger partial charge in [-0.2, -0.15) is 0 Å². The highest BCUT2D eigenvalue weighted by Crippen LogP contribution is 2.19. The van der Waals surface area contributed by atoms with Gasteiger partial charge in [0.15, 0.2) is 9.84 Å². The number of amides is 1. The molecule has 0 bridgehead atoms. The van der Waals surface area contributed by atoms with Gasteiger partial charge in [-0.05, 0) is 18.6 Å². The maximum absolute atomic E-state index is 12.3. The summed E-state index contributed by atoms with van der Waals surface area (Å²) in [6.07, 6.45) is 1.95. The lowest BCUT2D eigenvalue weighted by Crippen LogP contribution is -2.41. The summed E-state index contributed by atoms with van der Waals surface area (Å²) in [6, 6.07) is 7.29. The molecule has 0 aliphatic carbocycles. The quantitative estimate of drug-likeness (QED) is 0.884. The molecule has 2 heterocycles. The number of anilines is 1. The van der Waals surface area contributed by atoms with Crippen molar-refractivity contribution in [2.45, 2.75) is 12.5 Å². The zero-order valence-electron chi connectivity index (χ0n) is 12.8. The van der Waals surface area contributed by atoms with E-state index < -0.39 is 9.84 Å². The topological polar surface area (TPSA) is 92.3 Å². The first-order valence-corrected chi connectivity index (χ1v) is 9.18. The van der Waals surface area contributed by atoms with Crippen LogP contribution in [0.4, 0.5) is 5.82 Å². The molecule has 0 radical (unpaired) electrons. The molecule has 23 heavy (non-hydrogen) atoms. The largest absolute Gasteiger partial charge is 0.360 e. The van der Waals surface area contributed by atoms with E-state index in [1.54, 1.807) is 7.05 Å². The number of carbonyl (C=O) groups excluding carboxylic acids is 1. The van der Waals surface area contributed by atoms with Crippen LogP contribution >= 0.6 is 0 Å². The molecule has 1 aliphatic rings. The maximum atomic E-state index is 12.3. The number of likely N-dealkylation sites (N-methyl/N-ethyl adjacent to an activating group) is 1. The molecule has 1 saturated heterocycles. The summed E-state index contributed by atoms with van der Waals surface area (Å²) in [7, 11) is -1.36. The molecule has 1 aliphatic heterocycles. The number of benzene rings is 1. The van der Waals surface area contributed by atoms with E-state index in [1.807, 2.05) is 24.3 Å². The Balaban J connectivity index is 1.66. The number of rotatable bonds is 4. The molecule has 0 spiro atoms. The van der Waals surface area contributed by atoms with Crippen LogP contribution in [0.5, 0.6) is 0 Å². The fraction of sp³-hybridized carbons (Fsp3) is 0.400. The minimum atomic E-state index is -3.00. The van der Waals surface area contributed by atoms with Gasteiger partial charge in [0.25, 0.3) is 0 Å². The molecule has 1 unspecified atom stereocenters. The van der Waals surface area contributed by atoms with Crippen LogP contribution in [0.3, 0.4) is 0 Å². The third-order valence-corrected chi connectivity index (χ3v) is 5.85. The van der Waals surface area contributed by atoms with Crippen molar-refractivity contribution in [3.63, 3.8) is 0 Å². The van der Waals surface area contributed by atoms with Crippen molar-refractivity contribution in [2.75, 3.05) is 30.4 Å². The highest BCUT2D eigenvalue weighted by molar-refractivity contribution is 7.91. The normalized spacial score (nSPS) is 19.6. The number of para-hydroxylation sites is 1. The summed E-state index contributed by atoms with van der Waals surface area (Å²) >= 11 is 0. The van der Waals surface area contributed by atoms with Gasteiger partial charge in [0.2, 0.25) is 5.91 Å².